The van der Waals surface area contributed by atoms with Crippen molar-refractivity contribution >= 4 is 11.3 Å². The lowest BCUT2D eigenvalue weighted by Crippen LogP contribution is -2.21. The van der Waals surface area contributed by atoms with E-state index < -0.39 is 0 Å². The third-order valence-corrected chi connectivity index (χ3v) is 4.95. The van der Waals surface area contributed by atoms with Crippen LogP contribution in [0, 0.1) is 11.3 Å². The summed E-state index contributed by atoms with van der Waals surface area (Å²) in [7, 11) is 0. The largest absolute Gasteiger partial charge is 0.303 e. The zero-order valence-electron chi connectivity index (χ0n) is 10.7. The van der Waals surface area contributed by atoms with E-state index in [1.807, 2.05) is 0 Å². The second kappa shape index (κ2) is 5.38. The van der Waals surface area contributed by atoms with Gasteiger partial charge in [0.1, 0.15) is 0 Å². The molecule has 3 nitrogen and oxygen atoms in total. The molecule has 1 aliphatic carbocycles. The number of nitrogens with zero attached hydrogens (tertiary/aromatic N) is 3. The zero-order chi connectivity index (χ0) is 12.4. The van der Waals surface area contributed by atoms with E-state index in [2.05, 4.69) is 11.0 Å². The number of hydrogen-bond donors (Lipinski definition) is 0. The molecule has 0 unspecified atom stereocenters. The van der Waals surface area contributed by atoms with E-state index in [0.717, 1.165) is 13.0 Å². The van der Waals surface area contributed by atoms with Gasteiger partial charge in [-0.25, -0.2) is 4.98 Å². The Morgan fingerprint density at radius 3 is 2.78 bits per heavy atom. The predicted molar refractivity (Wildman–Crippen MR) is 72.8 cm³/mol. The molecular formula is C14H19N3S. The van der Waals surface area contributed by atoms with Crippen molar-refractivity contribution in [2.45, 2.75) is 44.4 Å². The van der Waals surface area contributed by atoms with Crippen molar-refractivity contribution in [1.29, 1.82) is 5.26 Å². The molecule has 2 aliphatic rings. The summed E-state index contributed by atoms with van der Waals surface area (Å²) in [4.78, 5) is 8.56. The van der Waals surface area contributed by atoms with Crippen LogP contribution in [0.3, 0.4) is 0 Å². The first-order valence-electron chi connectivity index (χ1n) is 6.94. The molecular weight excluding hydrogens is 242 g/mol. The number of rotatable bonds is 5. The molecule has 0 N–H and O–H groups in total. The molecule has 4 heteroatoms. The van der Waals surface area contributed by atoms with E-state index in [0.29, 0.717) is 12.3 Å². The molecule has 0 aromatic carbocycles. The maximum absolute atomic E-state index is 8.88. The monoisotopic (exact) mass is 261 g/mol. The molecule has 1 aromatic rings. The van der Waals surface area contributed by atoms with Gasteiger partial charge in [-0.05, 0) is 38.8 Å². The van der Waals surface area contributed by atoms with Gasteiger partial charge in [-0.15, -0.1) is 11.3 Å². The number of likely N-dealkylation sites (tertiary alicyclic amines) is 1. The Hall–Kier alpha value is -0.920. The van der Waals surface area contributed by atoms with Crippen LogP contribution in [0.2, 0.25) is 0 Å². The van der Waals surface area contributed by atoms with Gasteiger partial charge >= 0.3 is 0 Å². The van der Waals surface area contributed by atoms with Crippen molar-refractivity contribution in [3.05, 3.63) is 15.6 Å². The first-order chi connectivity index (χ1) is 8.86. The minimum Gasteiger partial charge on any atom is -0.303 e. The molecule has 1 aromatic heterocycles. The summed E-state index contributed by atoms with van der Waals surface area (Å²) in [5.41, 5.74) is 1.25. The van der Waals surface area contributed by atoms with Gasteiger partial charge in [0, 0.05) is 23.8 Å². The molecule has 1 saturated carbocycles. The minimum absolute atomic E-state index is 0.549. The third-order valence-electron chi connectivity index (χ3n) is 3.82. The summed E-state index contributed by atoms with van der Waals surface area (Å²) in [6, 6.07) is 2.28. The van der Waals surface area contributed by atoms with Crippen LogP contribution in [-0.2, 0) is 12.8 Å². The molecule has 96 valence electrons. The average Bonchev–Trinajstić information content (AvgIpc) is 2.93. The summed E-state index contributed by atoms with van der Waals surface area (Å²) >= 11 is 1.78. The molecule has 1 aliphatic heterocycles. The summed E-state index contributed by atoms with van der Waals surface area (Å²) in [6.07, 6.45) is 6.86. The van der Waals surface area contributed by atoms with Gasteiger partial charge in [-0.1, -0.05) is 0 Å². The van der Waals surface area contributed by atoms with Crippen molar-refractivity contribution < 1.29 is 0 Å². The van der Waals surface area contributed by atoms with Crippen LogP contribution in [0.1, 0.15) is 47.2 Å². The van der Waals surface area contributed by atoms with Gasteiger partial charge in [0.05, 0.1) is 23.2 Å². The van der Waals surface area contributed by atoms with Crippen molar-refractivity contribution in [1.82, 2.24) is 9.88 Å². The van der Waals surface area contributed by atoms with Gasteiger partial charge < -0.3 is 4.90 Å². The van der Waals surface area contributed by atoms with Crippen molar-refractivity contribution in [2.75, 3.05) is 19.6 Å². The summed E-state index contributed by atoms with van der Waals surface area (Å²) < 4.78 is 0. The lowest BCUT2D eigenvalue weighted by Gasteiger charge is -2.12. The Bertz CT molecular complexity index is 450. The van der Waals surface area contributed by atoms with E-state index in [4.69, 9.17) is 10.2 Å². The van der Waals surface area contributed by atoms with Crippen LogP contribution in [0.15, 0.2) is 0 Å². The van der Waals surface area contributed by atoms with Crippen LogP contribution >= 0.6 is 11.3 Å². The molecule has 2 fully saturated rings. The topological polar surface area (TPSA) is 39.9 Å². The lowest BCUT2D eigenvalue weighted by molar-refractivity contribution is 0.343. The molecule has 1 saturated heterocycles. The van der Waals surface area contributed by atoms with E-state index in [-0.39, 0.29) is 0 Å². The molecule has 18 heavy (non-hydrogen) atoms. The number of nitriles is 1. The van der Waals surface area contributed by atoms with Crippen LogP contribution in [0.4, 0.5) is 0 Å². The highest BCUT2D eigenvalue weighted by Gasteiger charge is 2.29. The molecule has 0 bridgehead atoms. The molecule has 0 atom stereocenters. The number of thiazole rings is 1. The molecule has 0 radical (unpaired) electrons. The lowest BCUT2D eigenvalue weighted by atomic mass is 10.2. The number of hydrogen-bond acceptors (Lipinski definition) is 4. The zero-order valence-corrected chi connectivity index (χ0v) is 11.5. The van der Waals surface area contributed by atoms with E-state index in [1.54, 1.807) is 11.3 Å². The van der Waals surface area contributed by atoms with Crippen molar-refractivity contribution in [3.63, 3.8) is 0 Å². The Balaban J connectivity index is 1.64. The SMILES string of the molecule is N#CCc1sc(CCN2CCCC2)nc1C1CC1. The number of aromatic nitrogens is 1. The third kappa shape index (κ3) is 2.73. The highest BCUT2D eigenvalue weighted by Crippen LogP contribution is 2.42. The predicted octanol–water partition coefficient (Wildman–Crippen LogP) is 2.72. The van der Waals surface area contributed by atoms with Crippen LogP contribution in [0.25, 0.3) is 0 Å². The maximum atomic E-state index is 8.88. The Morgan fingerprint density at radius 1 is 1.33 bits per heavy atom. The highest BCUT2D eigenvalue weighted by atomic mass is 32.1. The van der Waals surface area contributed by atoms with Crippen LogP contribution in [-0.4, -0.2) is 29.5 Å². The highest BCUT2D eigenvalue weighted by molar-refractivity contribution is 7.11. The van der Waals surface area contributed by atoms with Crippen molar-refractivity contribution in [3.8, 4) is 6.07 Å². The Kier molecular flexibility index (Phi) is 3.62. The average molecular weight is 261 g/mol. The second-order valence-electron chi connectivity index (χ2n) is 5.32. The maximum Gasteiger partial charge on any atom is 0.0944 e. The Morgan fingerprint density at radius 2 is 2.11 bits per heavy atom. The van der Waals surface area contributed by atoms with Gasteiger partial charge in [0.2, 0.25) is 0 Å². The normalized spacial score (nSPS) is 20.2. The summed E-state index contributed by atoms with van der Waals surface area (Å²) in [6.45, 7) is 3.65. The van der Waals surface area contributed by atoms with Gasteiger partial charge in [-0.2, -0.15) is 5.26 Å². The fraction of sp³-hybridized carbons (Fsp3) is 0.714. The van der Waals surface area contributed by atoms with Crippen molar-refractivity contribution in [2.24, 2.45) is 0 Å². The molecule has 3 rings (SSSR count). The molecule has 0 spiro atoms. The van der Waals surface area contributed by atoms with E-state index in [9.17, 15) is 0 Å². The first-order valence-corrected chi connectivity index (χ1v) is 7.76. The van der Waals surface area contributed by atoms with Gasteiger partial charge in [-0.3, -0.25) is 0 Å². The van der Waals surface area contributed by atoms with Crippen LogP contribution in [0.5, 0.6) is 0 Å². The summed E-state index contributed by atoms with van der Waals surface area (Å²) in [5, 5.41) is 10.1. The standard InChI is InChI=1S/C14H19N3S/c15-7-5-12-14(11-3-4-11)16-13(18-12)6-10-17-8-1-2-9-17/h11H,1-6,8-10H2. The van der Waals surface area contributed by atoms with Crippen LogP contribution < -0.4 is 0 Å². The molecule has 2 heterocycles. The fourth-order valence-corrected chi connectivity index (χ4v) is 3.73. The van der Waals surface area contributed by atoms with E-state index in [1.165, 1.54) is 54.4 Å². The summed E-state index contributed by atoms with van der Waals surface area (Å²) in [5.74, 6) is 0.671. The second-order valence-corrected chi connectivity index (χ2v) is 6.49. The quantitative estimate of drug-likeness (QED) is 0.818. The van der Waals surface area contributed by atoms with E-state index >= 15 is 0 Å². The van der Waals surface area contributed by atoms with Gasteiger partial charge in [0.15, 0.2) is 0 Å². The fourth-order valence-electron chi connectivity index (χ4n) is 2.66. The minimum atomic E-state index is 0.549. The molecule has 0 amide bonds. The smallest absolute Gasteiger partial charge is 0.0944 e. The Labute approximate surface area is 112 Å². The first kappa shape index (κ1) is 12.1. The van der Waals surface area contributed by atoms with Gasteiger partial charge in [0.25, 0.3) is 0 Å².